The minimum Gasteiger partial charge on any atom is -0.466 e. The number of nitrogens with two attached hydrogens (primary N) is 1. The van der Waals surface area contributed by atoms with E-state index in [0.717, 1.165) is 17.1 Å². The van der Waals surface area contributed by atoms with Crippen LogP contribution in [0.5, 0.6) is 0 Å². The highest BCUT2D eigenvalue weighted by Crippen LogP contribution is 2.31. The smallest absolute Gasteiger partial charge is 0.147 e. The molecule has 2 aromatic rings. The number of anilines is 2. The van der Waals surface area contributed by atoms with Gasteiger partial charge in [-0.15, -0.1) is 0 Å². The number of nitrogens with one attached hydrogen (secondary N) is 1. The fourth-order valence-electron chi connectivity index (χ4n) is 1.95. The molecular weight excluding hydrogens is 285 g/mol. The predicted octanol–water partition coefficient (Wildman–Crippen LogP) is 4.35. The van der Waals surface area contributed by atoms with E-state index < -0.39 is 0 Å². The Kier molecular flexibility index (Phi) is 3.92. The first-order chi connectivity index (χ1) is 8.88. The van der Waals surface area contributed by atoms with Gasteiger partial charge in [0.05, 0.1) is 16.1 Å². The molecule has 2 aromatic heterocycles. The lowest BCUT2D eigenvalue weighted by Crippen LogP contribution is -2.09. The van der Waals surface area contributed by atoms with Crippen LogP contribution in [0, 0.1) is 13.8 Å². The van der Waals surface area contributed by atoms with Crippen molar-refractivity contribution in [1.82, 2.24) is 4.98 Å². The average Bonchev–Trinajstić information content (AvgIpc) is 2.65. The Bertz CT molecular complexity index is 610. The number of pyridine rings is 1. The zero-order valence-electron chi connectivity index (χ0n) is 10.9. The summed E-state index contributed by atoms with van der Waals surface area (Å²) < 4.78 is 5.51. The fraction of sp³-hybridized carbons (Fsp3) is 0.308. The van der Waals surface area contributed by atoms with Crippen molar-refractivity contribution < 1.29 is 4.42 Å². The molecule has 4 nitrogen and oxygen atoms in total. The number of rotatable bonds is 3. The van der Waals surface area contributed by atoms with E-state index in [9.17, 15) is 0 Å². The van der Waals surface area contributed by atoms with Crippen molar-refractivity contribution >= 4 is 34.8 Å². The van der Waals surface area contributed by atoms with Crippen LogP contribution >= 0.6 is 23.2 Å². The first kappa shape index (κ1) is 14.0. The van der Waals surface area contributed by atoms with E-state index in [-0.39, 0.29) is 11.9 Å². The molecule has 1 unspecified atom stereocenters. The molecule has 19 heavy (non-hydrogen) atoms. The molecule has 102 valence electrons. The van der Waals surface area contributed by atoms with Gasteiger partial charge in [0.15, 0.2) is 0 Å². The Morgan fingerprint density at radius 1 is 1.26 bits per heavy atom. The van der Waals surface area contributed by atoms with Crippen LogP contribution in [0.1, 0.15) is 30.0 Å². The summed E-state index contributed by atoms with van der Waals surface area (Å²) >= 11 is 11.9. The number of nitrogen functional groups attached to an aromatic ring is 1. The van der Waals surface area contributed by atoms with E-state index in [2.05, 4.69) is 10.3 Å². The first-order valence-electron chi connectivity index (χ1n) is 5.83. The predicted molar refractivity (Wildman–Crippen MR) is 78.9 cm³/mol. The summed E-state index contributed by atoms with van der Waals surface area (Å²) in [5, 5.41) is 3.99. The second-order valence-electron chi connectivity index (χ2n) is 4.42. The Morgan fingerprint density at radius 2 is 1.95 bits per heavy atom. The zero-order valence-corrected chi connectivity index (χ0v) is 12.4. The van der Waals surface area contributed by atoms with Crippen molar-refractivity contribution in [3.05, 3.63) is 39.3 Å². The summed E-state index contributed by atoms with van der Waals surface area (Å²) in [5.41, 5.74) is 6.74. The molecule has 0 aliphatic heterocycles. The van der Waals surface area contributed by atoms with E-state index in [1.54, 1.807) is 6.07 Å². The molecule has 0 fully saturated rings. The van der Waals surface area contributed by atoms with Crippen molar-refractivity contribution in [2.45, 2.75) is 26.8 Å². The molecule has 0 bridgehead atoms. The van der Waals surface area contributed by atoms with E-state index in [1.165, 1.54) is 0 Å². The van der Waals surface area contributed by atoms with Crippen molar-refractivity contribution in [3.63, 3.8) is 0 Å². The number of hydrogen-bond donors (Lipinski definition) is 2. The zero-order chi connectivity index (χ0) is 14.2. The maximum absolute atomic E-state index is 6.09. The lowest BCUT2D eigenvalue weighted by Gasteiger charge is -2.15. The number of furan rings is 1. The van der Waals surface area contributed by atoms with E-state index in [4.69, 9.17) is 33.4 Å². The van der Waals surface area contributed by atoms with Crippen LogP contribution in [0.3, 0.4) is 0 Å². The summed E-state index contributed by atoms with van der Waals surface area (Å²) in [5.74, 6) is 2.50. The quantitative estimate of drug-likeness (QED) is 0.884. The highest BCUT2D eigenvalue weighted by molar-refractivity contribution is 6.37. The normalized spacial score (nSPS) is 12.5. The molecule has 0 radical (unpaired) electrons. The van der Waals surface area contributed by atoms with Gasteiger partial charge in [-0.3, -0.25) is 0 Å². The molecule has 0 aliphatic carbocycles. The molecule has 1 atom stereocenters. The third-order valence-electron chi connectivity index (χ3n) is 2.86. The van der Waals surface area contributed by atoms with Crippen molar-refractivity contribution in [3.8, 4) is 0 Å². The van der Waals surface area contributed by atoms with Gasteiger partial charge in [-0.25, -0.2) is 4.98 Å². The third-order valence-corrected chi connectivity index (χ3v) is 3.45. The Morgan fingerprint density at radius 3 is 2.53 bits per heavy atom. The number of halogens is 2. The van der Waals surface area contributed by atoms with Crippen LogP contribution in [-0.2, 0) is 0 Å². The van der Waals surface area contributed by atoms with E-state index in [0.29, 0.717) is 15.9 Å². The molecule has 2 heterocycles. The van der Waals surface area contributed by atoms with Crippen molar-refractivity contribution in [2.24, 2.45) is 0 Å². The highest BCUT2D eigenvalue weighted by atomic mass is 35.5. The molecule has 0 spiro atoms. The van der Waals surface area contributed by atoms with Crippen LogP contribution < -0.4 is 11.1 Å². The van der Waals surface area contributed by atoms with Gasteiger partial charge in [0, 0.05) is 5.56 Å². The summed E-state index contributed by atoms with van der Waals surface area (Å²) in [6.07, 6.45) is 0. The van der Waals surface area contributed by atoms with Crippen LogP contribution in [0.4, 0.5) is 11.6 Å². The standard InChI is InChI=1S/C13H15Cl2N3O/c1-6-4-9(8(3)19-6)7(2)17-13-11(15)5-10(14)12(16)18-13/h4-5,7H,1-3H3,(H3,16,17,18). The first-order valence-corrected chi connectivity index (χ1v) is 6.59. The summed E-state index contributed by atoms with van der Waals surface area (Å²) in [7, 11) is 0. The maximum Gasteiger partial charge on any atom is 0.147 e. The average molecular weight is 300 g/mol. The van der Waals surface area contributed by atoms with Gasteiger partial charge in [0.25, 0.3) is 0 Å². The monoisotopic (exact) mass is 299 g/mol. The minimum absolute atomic E-state index is 0.00280. The van der Waals surface area contributed by atoms with Crippen LogP contribution in [0.2, 0.25) is 10.0 Å². The fourth-order valence-corrected chi connectivity index (χ4v) is 2.36. The molecule has 0 aliphatic rings. The summed E-state index contributed by atoms with van der Waals surface area (Å²) in [6, 6.07) is 3.57. The molecule has 0 saturated carbocycles. The largest absolute Gasteiger partial charge is 0.466 e. The molecule has 0 amide bonds. The second kappa shape index (κ2) is 5.31. The Labute approximate surface area is 121 Å². The minimum atomic E-state index is 0.00280. The SMILES string of the molecule is Cc1cc(C(C)Nc2nc(N)c(Cl)cc2Cl)c(C)o1. The lowest BCUT2D eigenvalue weighted by atomic mass is 10.1. The van der Waals surface area contributed by atoms with Gasteiger partial charge in [-0.05, 0) is 32.9 Å². The highest BCUT2D eigenvalue weighted by Gasteiger charge is 2.15. The third kappa shape index (κ3) is 2.96. The van der Waals surface area contributed by atoms with Crippen LogP contribution in [0.15, 0.2) is 16.5 Å². The summed E-state index contributed by atoms with van der Waals surface area (Å²) in [6.45, 7) is 5.83. The van der Waals surface area contributed by atoms with Crippen molar-refractivity contribution in [1.29, 1.82) is 0 Å². The van der Waals surface area contributed by atoms with E-state index >= 15 is 0 Å². The van der Waals surface area contributed by atoms with Crippen LogP contribution in [0.25, 0.3) is 0 Å². The van der Waals surface area contributed by atoms with Gasteiger partial charge >= 0.3 is 0 Å². The number of hydrogen-bond acceptors (Lipinski definition) is 4. The van der Waals surface area contributed by atoms with Gasteiger partial charge in [-0.2, -0.15) is 0 Å². The van der Waals surface area contributed by atoms with Gasteiger partial charge < -0.3 is 15.5 Å². The van der Waals surface area contributed by atoms with E-state index in [1.807, 2.05) is 26.8 Å². The summed E-state index contributed by atoms with van der Waals surface area (Å²) in [4.78, 5) is 4.15. The number of aromatic nitrogens is 1. The second-order valence-corrected chi connectivity index (χ2v) is 5.23. The molecule has 0 saturated heterocycles. The Hall–Kier alpha value is -1.39. The molecule has 3 N–H and O–H groups in total. The molecular formula is C13H15Cl2N3O. The molecule has 0 aromatic carbocycles. The topological polar surface area (TPSA) is 64.1 Å². The Balaban J connectivity index is 2.26. The number of aryl methyl sites for hydroxylation is 2. The van der Waals surface area contributed by atoms with Crippen molar-refractivity contribution in [2.75, 3.05) is 11.1 Å². The molecule has 6 heteroatoms. The molecule has 2 rings (SSSR count). The van der Waals surface area contributed by atoms with Gasteiger partial charge in [-0.1, -0.05) is 23.2 Å². The van der Waals surface area contributed by atoms with Crippen LogP contribution in [-0.4, -0.2) is 4.98 Å². The van der Waals surface area contributed by atoms with Gasteiger partial charge in [0.1, 0.15) is 23.2 Å². The van der Waals surface area contributed by atoms with Gasteiger partial charge in [0.2, 0.25) is 0 Å². The lowest BCUT2D eigenvalue weighted by molar-refractivity contribution is 0.500. The maximum atomic E-state index is 6.09. The number of nitrogens with zero attached hydrogens (tertiary/aromatic N) is 1.